The lowest BCUT2D eigenvalue weighted by molar-refractivity contribution is -0.138. The second kappa shape index (κ2) is 7.95. The Bertz CT molecular complexity index is 1030. The van der Waals surface area contributed by atoms with Gasteiger partial charge in [-0.15, -0.1) is 0 Å². The number of hydrogen-bond donors (Lipinski definition) is 1. The van der Waals surface area contributed by atoms with Crippen molar-refractivity contribution in [3.8, 4) is 5.75 Å². The molecule has 0 aromatic heterocycles. The standard InChI is InChI=1S/C24H24N2O3/c1-24(23(28)25-20-12-11-18-7-5-6-8-19(18)17-20)14-13-22(27)26(24)15-16-29-21-9-3-2-4-10-21/h2-12,17H,13-16H2,1H3,(H,25,28). The molecule has 3 aromatic rings. The van der Waals surface area contributed by atoms with Gasteiger partial charge in [0.25, 0.3) is 0 Å². The number of likely N-dealkylation sites (tertiary alicyclic amines) is 1. The lowest BCUT2D eigenvalue weighted by atomic mass is 9.97. The van der Waals surface area contributed by atoms with Crippen molar-refractivity contribution < 1.29 is 14.3 Å². The number of nitrogens with zero attached hydrogens (tertiary/aromatic N) is 1. The number of amides is 2. The van der Waals surface area contributed by atoms with Crippen LogP contribution in [0.5, 0.6) is 5.75 Å². The molecule has 5 heteroatoms. The molecule has 0 radical (unpaired) electrons. The van der Waals surface area contributed by atoms with Crippen LogP contribution < -0.4 is 10.1 Å². The molecule has 1 aliphatic heterocycles. The number of anilines is 1. The van der Waals surface area contributed by atoms with Crippen LogP contribution in [0, 0.1) is 0 Å². The van der Waals surface area contributed by atoms with Crippen LogP contribution in [-0.4, -0.2) is 35.4 Å². The van der Waals surface area contributed by atoms with E-state index in [4.69, 9.17) is 4.74 Å². The van der Waals surface area contributed by atoms with Gasteiger partial charge >= 0.3 is 0 Å². The highest BCUT2D eigenvalue weighted by Crippen LogP contribution is 2.31. The van der Waals surface area contributed by atoms with Gasteiger partial charge in [-0.3, -0.25) is 9.59 Å². The summed E-state index contributed by atoms with van der Waals surface area (Å²) in [5.74, 6) is 0.567. The fourth-order valence-electron chi connectivity index (χ4n) is 3.81. The molecular formula is C24H24N2O3. The fourth-order valence-corrected chi connectivity index (χ4v) is 3.81. The summed E-state index contributed by atoms with van der Waals surface area (Å²) in [4.78, 5) is 27.2. The van der Waals surface area contributed by atoms with E-state index in [2.05, 4.69) is 5.32 Å². The molecule has 0 bridgehead atoms. The third kappa shape index (κ3) is 3.94. The molecule has 5 nitrogen and oxygen atoms in total. The van der Waals surface area contributed by atoms with Gasteiger partial charge < -0.3 is 15.0 Å². The molecule has 1 saturated heterocycles. The van der Waals surface area contributed by atoms with Gasteiger partial charge in [-0.1, -0.05) is 48.5 Å². The summed E-state index contributed by atoms with van der Waals surface area (Å²) in [6, 6.07) is 23.3. The van der Waals surface area contributed by atoms with Crippen molar-refractivity contribution in [2.24, 2.45) is 0 Å². The van der Waals surface area contributed by atoms with E-state index in [1.54, 1.807) is 4.90 Å². The van der Waals surface area contributed by atoms with Gasteiger partial charge in [-0.05, 0) is 48.4 Å². The number of hydrogen-bond acceptors (Lipinski definition) is 3. The molecule has 1 fully saturated rings. The van der Waals surface area contributed by atoms with Crippen LogP contribution in [0.2, 0.25) is 0 Å². The van der Waals surface area contributed by atoms with Crippen LogP contribution in [0.4, 0.5) is 5.69 Å². The molecule has 148 valence electrons. The van der Waals surface area contributed by atoms with Crippen molar-refractivity contribution in [3.63, 3.8) is 0 Å². The second-order valence-corrected chi connectivity index (χ2v) is 7.50. The van der Waals surface area contributed by atoms with Crippen molar-refractivity contribution in [1.29, 1.82) is 0 Å². The number of rotatable bonds is 6. The summed E-state index contributed by atoms with van der Waals surface area (Å²) < 4.78 is 5.73. The zero-order chi connectivity index (χ0) is 20.3. The Labute approximate surface area is 170 Å². The molecule has 3 aromatic carbocycles. The number of carbonyl (C=O) groups excluding carboxylic acids is 2. The van der Waals surface area contributed by atoms with Crippen molar-refractivity contribution >= 4 is 28.3 Å². The molecule has 1 heterocycles. The van der Waals surface area contributed by atoms with Crippen molar-refractivity contribution in [3.05, 3.63) is 72.8 Å². The van der Waals surface area contributed by atoms with Crippen LogP contribution >= 0.6 is 0 Å². The fraction of sp³-hybridized carbons (Fsp3) is 0.250. The molecule has 1 unspecified atom stereocenters. The number of para-hydroxylation sites is 1. The molecule has 2 amide bonds. The van der Waals surface area contributed by atoms with Gasteiger partial charge in [0.2, 0.25) is 11.8 Å². The molecule has 4 rings (SSSR count). The highest BCUT2D eigenvalue weighted by atomic mass is 16.5. The molecule has 1 atom stereocenters. The Morgan fingerprint density at radius 3 is 2.55 bits per heavy atom. The smallest absolute Gasteiger partial charge is 0.250 e. The maximum Gasteiger partial charge on any atom is 0.250 e. The van der Waals surface area contributed by atoms with E-state index in [9.17, 15) is 9.59 Å². The third-order valence-electron chi connectivity index (χ3n) is 5.55. The van der Waals surface area contributed by atoms with Gasteiger partial charge in [0.15, 0.2) is 0 Å². The Morgan fingerprint density at radius 1 is 1.03 bits per heavy atom. The first-order valence-corrected chi connectivity index (χ1v) is 9.85. The van der Waals surface area contributed by atoms with Gasteiger partial charge in [0.1, 0.15) is 17.9 Å². The minimum atomic E-state index is -0.886. The summed E-state index contributed by atoms with van der Waals surface area (Å²) in [6.07, 6.45) is 0.865. The highest BCUT2D eigenvalue weighted by molar-refractivity contribution is 6.03. The first kappa shape index (κ1) is 19.0. The van der Waals surface area contributed by atoms with E-state index in [0.717, 1.165) is 22.2 Å². The summed E-state index contributed by atoms with van der Waals surface area (Å²) in [6.45, 7) is 2.54. The zero-order valence-corrected chi connectivity index (χ0v) is 16.4. The molecular weight excluding hydrogens is 364 g/mol. The summed E-state index contributed by atoms with van der Waals surface area (Å²) >= 11 is 0. The highest BCUT2D eigenvalue weighted by Gasteiger charge is 2.47. The monoisotopic (exact) mass is 388 g/mol. The largest absolute Gasteiger partial charge is 0.492 e. The number of carbonyl (C=O) groups is 2. The van der Waals surface area contributed by atoms with Gasteiger partial charge in [-0.25, -0.2) is 0 Å². The summed E-state index contributed by atoms with van der Waals surface area (Å²) in [7, 11) is 0. The molecule has 1 N–H and O–H groups in total. The van der Waals surface area contributed by atoms with E-state index < -0.39 is 5.54 Å². The summed E-state index contributed by atoms with van der Waals surface area (Å²) in [5.41, 5.74) is -0.155. The Hall–Kier alpha value is -3.34. The van der Waals surface area contributed by atoms with Crippen LogP contribution in [0.1, 0.15) is 19.8 Å². The van der Waals surface area contributed by atoms with E-state index >= 15 is 0 Å². The molecule has 0 spiro atoms. The normalized spacial score (nSPS) is 18.8. The number of benzene rings is 3. The van der Waals surface area contributed by atoms with Gasteiger partial charge in [0, 0.05) is 12.1 Å². The van der Waals surface area contributed by atoms with Gasteiger partial charge in [-0.2, -0.15) is 0 Å². The van der Waals surface area contributed by atoms with Crippen LogP contribution in [0.15, 0.2) is 72.8 Å². The average molecular weight is 388 g/mol. The third-order valence-corrected chi connectivity index (χ3v) is 5.55. The molecule has 0 saturated carbocycles. The number of fused-ring (bicyclic) bond motifs is 1. The lowest BCUT2D eigenvalue weighted by Crippen LogP contribution is -2.53. The van der Waals surface area contributed by atoms with Gasteiger partial charge in [0.05, 0.1) is 6.54 Å². The van der Waals surface area contributed by atoms with Crippen LogP contribution in [0.25, 0.3) is 10.8 Å². The minimum Gasteiger partial charge on any atom is -0.492 e. The van der Waals surface area contributed by atoms with E-state index in [-0.39, 0.29) is 11.8 Å². The van der Waals surface area contributed by atoms with Crippen molar-refractivity contribution in [2.75, 3.05) is 18.5 Å². The SMILES string of the molecule is CC1(C(=O)Nc2ccc3ccccc3c2)CCC(=O)N1CCOc1ccccc1. The summed E-state index contributed by atoms with van der Waals surface area (Å²) in [5, 5.41) is 5.18. The predicted molar refractivity (Wildman–Crippen MR) is 114 cm³/mol. The maximum atomic E-state index is 13.1. The van der Waals surface area contributed by atoms with E-state index in [1.165, 1.54) is 0 Å². The molecule has 1 aliphatic rings. The predicted octanol–water partition coefficient (Wildman–Crippen LogP) is 4.24. The second-order valence-electron chi connectivity index (χ2n) is 7.50. The molecule has 0 aliphatic carbocycles. The first-order chi connectivity index (χ1) is 14.1. The van der Waals surface area contributed by atoms with Crippen LogP contribution in [0.3, 0.4) is 0 Å². The number of ether oxygens (including phenoxy) is 1. The first-order valence-electron chi connectivity index (χ1n) is 9.85. The average Bonchev–Trinajstić information content (AvgIpc) is 3.04. The maximum absolute atomic E-state index is 13.1. The number of nitrogens with one attached hydrogen (secondary N) is 1. The molecule has 29 heavy (non-hydrogen) atoms. The van der Waals surface area contributed by atoms with Crippen molar-refractivity contribution in [2.45, 2.75) is 25.3 Å². The van der Waals surface area contributed by atoms with E-state index in [1.807, 2.05) is 79.7 Å². The van der Waals surface area contributed by atoms with E-state index in [0.29, 0.717) is 26.0 Å². The topological polar surface area (TPSA) is 58.6 Å². The quantitative estimate of drug-likeness (QED) is 0.687. The zero-order valence-electron chi connectivity index (χ0n) is 16.4. The van der Waals surface area contributed by atoms with Crippen LogP contribution in [-0.2, 0) is 9.59 Å². The Balaban J connectivity index is 1.45. The Morgan fingerprint density at radius 2 is 1.76 bits per heavy atom. The minimum absolute atomic E-state index is 0.0159. The Kier molecular flexibility index (Phi) is 5.21. The van der Waals surface area contributed by atoms with Crippen molar-refractivity contribution in [1.82, 2.24) is 4.90 Å². The lowest BCUT2D eigenvalue weighted by Gasteiger charge is -2.34.